The van der Waals surface area contributed by atoms with Crippen molar-refractivity contribution in [2.45, 2.75) is 31.0 Å². The number of fused-ring (bicyclic) bond motifs is 1. The second kappa shape index (κ2) is 8.36. The van der Waals surface area contributed by atoms with Crippen molar-refractivity contribution in [3.05, 3.63) is 64.7 Å². The van der Waals surface area contributed by atoms with E-state index < -0.39 is 12.1 Å². The fourth-order valence-corrected chi connectivity index (χ4v) is 4.18. The van der Waals surface area contributed by atoms with Crippen LogP contribution in [0.2, 0.25) is 5.02 Å². The molecule has 2 N–H and O–H groups in total. The number of nitrogens with one attached hydrogen (secondary N) is 2. The van der Waals surface area contributed by atoms with E-state index in [0.29, 0.717) is 35.7 Å². The van der Waals surface area contributed by atoms with Crippen LogP contribution in [-0.4, -0.2) is 54.4 Å². The van der Waals surface area contributed by atoms with Crippen molar-refractivity contribution in [1.82, 2.24) is 15.5 Å². The molecule has 0 unspecified atom stereocenters. The normalized spacial score (nSPS) is 23.0. The summed E-state index contributed by atoms with van der Waals surface area (Å²) in [5.74, 6) is -0.142. The van der Waals surface area contributed by atoms with Gasteiger partial charge in [-0.1, -0.05) is 35.9 Å². The van der Waals surface area contributed by atoms with E-state index in [1.165, 1.54) is 7.11 Å². The van der Waals surface area contributed by atoms with Crippen LogP contribution in [0.3, 0.4) is 0 Å². The van der Waals surface area contributed by atoms with Crippen molar-refractivity contribution < 1.29 is 19.1 Å². The molecule has 3 amide bonds. The molecule has 2 fully saturated rings. The molecule has 2 aliphatic heterocycles. The van der Waals surface area contributed by atoms with Gasteiger partial charge in [-0.2, -0.15) is 0 Å². The number of rotatable bonds is 5. The van der Waals surface area contributed by atoms with Crippen LogP contribution in [0.1, 0.15) is 22.3 Å². The summed E-state index contributed by atoms with van der Waals surface area (Å²) in [4.78, 5) is 39.8. The Morgan fingerprint density at radius 3 is 2.67 bits per heavy atom. The van der Waals surface area contributed by atoms with Crippen molar-refractivity contribution in [2.75, 3.05) is 13.7 Å². The van der Waals surface area contributed by atoms with Gasteiger partial charge in [0.25, 0.3) is 5.91 Å². The Hall–Kier alpha value is -3.06. The predicted molar refractivity (Wildman–Crippen MR) is 111 cm³/mol. The summed E-state index contributed by atoms with van der Waals surface area (Å²) in [5.41, 5.74) is 1.33. The molecule has 156 valence electrons. The molecule has 30 heavy (non-hydrogen) atoms. The van der Waals surface area contributed by atoms with E-state index in [2.05, 4.69) is 10.6 Å². The van der Waals surface area contributed by atoms with Gasteiger partial charge in [-0.15, -0.1) is 0 Å². The zero-order valence-electron chi connectivity index (χ0n) is 16.4. The van der Waals surface area contributed by atoms with E-state index in [4.69, 9.17) is 16.3 Å². The van der Waals surface area contributed by atoms with E-state index in [-0.39, 0.29) is 23.8 Å². The molecule has 2 heterocycles. The molecule has 0 saturated carbocycles. The van der Waals surface area contributed by atoms with Crippen LogP contribution in [0.5, 0.6) is 5.75 Å². The number of hydrogen-bond acceptors (Lipinski definition) is 4. The van der Waals surface area contributed by atoms with E-state index in [1.54, 1.807) is 41.3 Å². The summed E-state index contributed by atoms with van der Waals surface area (Å²) >= 11 is 5.91. The number of piperazine rings is 1. The summed E-state index contributed by atoms with van der Waals surface area (Å²) in [7, 11) is 1.51. The maximum atomic E-state index is 13.0. The second-order valence-corrected chi connectivity index (χ2v) is 7.94. The molecular weight excluding hydrogens is 406 g/mol. The predicted octanol–water partition coefficient (Wildman–Crippen LogP) is 1.79. The molecule has 3 atom stereocenters. The molecule has 0 radical (unpaired) electrons. The highest BCUT2D eigenvalue weighted by Gasteiger charge is 2.46. The lowest BCUT2D eigenvalue weighted by molar-refractivity contribution is -0.147. The highest BCUT2D eigenvalue weighted by molar-refractivity contribution is 6.30. The van der Waals surface area contributed by atoms with E-state index in [9.17, 15) is 14.4 Å². The van der Waals surface area contributed by atoms with Gasteiger partial charge in [-0.3, -0.25) is 14.4 Å². The van der Waals surface area contributed by atoms with Gasteiger partial charge < -0.3 is 20.3 Å². The minimum Gasteiger partial charge on any atom is -0.496 e. The Balaban J connectivity index is 1.43. The van der Waals surface area contributed by atoms with Gasteiger partial charge >= 0.3 is 0 Å². The number of benzene rings is 2. The van der Waals surface area contributed by atoms with Crippen molar-refractivity contribution in [2.24, 2.45) is 0 Å². The Bertz CT molecular complexity index is 979. The first-order valence-electron chi connectivity index (χ1n) is 9.75. The fourth-order valence-electron chi connectivity index (χ4n) is 4.05. The lowest BCUT2D eigenvalue weighted by Crippen LogP contribution is -2.61. The standard InChI is InChI=1S/C22H22ClN3O4/c1-30-19-5-3-2-4-16(19)20(27)24-15-11-18-21(28)25-17(22(29)26(18)12-15)10-13-6-8-14(23)9-7-13/h2-9,15,17-18H,10-12H2,1H3,(H,24,27)(H,25,28)/t15-,17-,18-/m0/s1. The van der Waals surface area contributed by atoms with Crippen molar-refractivity contribution in [3.63, 3.8) is 0 Å². The largest absolute Gasteiger partial charge is 0.496 e. The molecule has 0 bridgehead atoms. The number of carbonyl (C=O) groups excluding carboxylic acids is 3. The Morgan fingerprint density at radius 2 is 1.93 bits per heavy atom. The number of halogens is 1. The molecule has 0 spiro atoms. The Kier molecular flexibility index (Phi) is 5.63. The lowest BCUT2D eigenvalue weighted by Gasteiger charge is -2.34. The van der Waals surface area contributed by atoms with E-state index >= 15 is 0 Å². The Labute approximate surface area is 179 Å². The third-order valence-corrected chi connectivity index (χ3v) is 5.79. The Morgan fingerprint density at radius 1 is 1.20 bits per heavy atom. The molecular formula is C22H22ClN3O4. The number of amides is 3. The van der Waals surface area contributed by atoms with Crippen molar-refractivity contribution in [1.29, 1.82) is 0 Å². The van der Waals surface area contributed by atoms with Gasteiger partial charge in [0.15, 0.2) is 0 Å². The van der Waals surface area contributed by atoms with Crippen LogP contribution >= 0.6 is 11.6 Å². The molecule has 8 heteroatoms. The van der Waals surface area contributed by atoms with Gasteiger partial charge in [-0.05, 0) is 36.2 Å². The first-order chi connectivity index (χ1) is 14.5. The third-order valence-electron chi connectivity index (χ3n) is 5.54. The van der Waals surface area contributed by atoms with Gasteiger partial charge in [-0.25, -0.2) is 0 Å². The maximum absolute atomic E-state index is 13.0. The number of carbonyl (C=O) groups is 3. The zero-order chi connectivity index (χ0) is 21.3. The molecule has 2 aromatic rings. The first-order valence-corrected chi connectivity index (χ1v) is 10.1. The van der Waals surface area contributed by atoms with Gasteiger partial charge in [0.2, 0.25) is 11.8 Å². The number of nitrogens with zero attached hydrogens (tertiary/aromatic N) is 1. The maximum Gasteiger partial charge on any atom is 0.255 e. The van der Waals surface area contributed by atoms with Crippen LogP contribution in [0.4, 0.5) is 0 Å². The molecule has 7 nitrogen and oxygen atoms in total. The van der Waals surface area contributed by atoms with Crippen LogP contribution in [0.25, 0.3) is 0 Å². The molecule has 0 aliphatic carbocycles. The monoisotopic (exact) mass is 427 g/mol. The lowest BCUT2D eigenvalue weighted by atomic mass is 10.0. The number of para-hydroxylation sites is 1. The molecule has 2 saturated heterocycles. The van der Waals surface area contributed by atoms with Crippen molar-refractivity contribution >= 4 is 29.3 Å². The number of hydrogen-bond donors (Lipinski definition) is 2. The van der Waals surface area contributed by atoms with Gasteiger partial charge in [0.1, 0.15) is 17.8 Å². The summed E-state index contributed by atoms with van der Waals surface area (Å²) in [5, 5.41) is 6.38. The summed E-state index contributed by atoms with van der Waals surface area (Å²) in [6.45, 7) is 0.301. The quantitative estimate of drug-likeness (QED) is 0.761. The highest BCUT2D eigenvalue weighted by atomic mass is 35.5. The number of methoxy groups -OCH3 is 1. The van der Waals surface area contributed by atoms with Gasteiger partial charge in [0, 0.05) is 24.0 Å². The smallest absolute Gasteiger partial charge is 0.255 e. The van der Waals surface area contributed by atoms with E-state index in [0.717, 1.165) is 5.56 Å². The third kappa shape index (κ3) is 3.98. The number of ether oxygens (including phenoxy) is 1. The zero-order valence-corrected chi connectivity index (χ0v) is 17.2. The second-order valence-electron chi connectivity index (χ2n) is 7.50. The van der Waals surface area contributed by atoms with Gasteiger partial charge in [0.05, 0.1) is 12.7 Å². The SMILES string of the molecule is COc1ccccc1C(=O)N[C@H]1C[C@H]2C(=O)N[C@@H](Cc3ccc(Cl)cc3)C(=O)N2C1. The van der Waals surface area contributed by atoms with E-state index in [1.807, 2.05) is 12.1 Å². The highest BCUT2D eigenvalue weighted by Crippen LogP contribution is 2.25. The van der Waals surface area contributed by atoms with Crippen LogP contribution in [-0.2, 0) is 16.0 Å². The van der Waals surface area contributed by atoms with Crippen molar-refractivity contribution in [3.8, 4) is 5.75 Å². The fraction of sp³-hybridized carbons (Fsp3) is 0.318. The molecule has 2 aliphatic rings. The minimum atomic E-state index is -0.626. The summed E-state index contributed by atoms with van der Waals surface area (Å²) < 4.78 is 5.24. The summed E-state index contributed by atoms with van der Waals surface area (Å²) in [6.07, 6.45) is 0.773. The van der Waals surface area contributed by atoms with Crippen LogP contribution in [0, 0.1) is 0 Å². The molecule has 2 aromatic carbocycles. The molecule has 0 aromatic heterocycles. The first kappa shape index (κ1) is 20.2. The average molecular weight is 428 g/mol. The minimum absolute atomic E-state index is 0.136. The summed E-state index contributed by atoms with van der Waals surface area (Å²) in [6, 6.07) is 12.6. The van der Waals surface area contributed by atoms with Crippen LogP contribution in [0.15, 0.2) is 48.5 Å². The van der Waals surface area contributed by atoms with Crippen LogP contribution < -0.4 is 15.4 Å². The molecule has 4 rings (SSSR count). The average Bonchev–Trinajstić information content (AvgIpc) is 3.18. The topological polar surface area (TPSA) is 87.7 Å².